The van der Waals surface area contributed by atoms with Crippen molar-refractivity contribution in [1.82, 2.24) is 20.0 Å². The number of likely N-dealkylation sites (N-methyl/N-ethyl adjacent to an activating group) is 1. The lowest BCUT2D eigenvalue weighted by Crippen LogP contribution is -2.57. The Morgan fingerprint density at radius 2 is 1.59 bits per heavy atom. The molecular formula is C65H78N6O16. The Morgan fingerprint density at radius 3 is 2.24 bits per heavy atom. The number of carbonyl (C=O) groups excluding carboxylic acids is 6. The van der Waals surface area contributed by atoms with E-state index < -0.39 is 102 Å². The normalized spacial score (nSPS) is 24.5. The number of amidine groups is 1. The van der Waals surface area contributed by atoms with Crippen LogP contribution in [0, 0.1) is 11.8 Å². The molecule has 3 amide bonds. The van der Waals surface area contributed by atoms with Crippen LogP contribution in [-0.2, 0) is 41.6 Å². The van der Waals surface area contributed by atoms with Gasteiger partial charge in [-0.15, -0.1) is 0 Å². The molecule has 4 aromatic rings. The molecule has 4 aromatic carbocycles. The average molecular weight is 1200 g/mol. The number of carbonyl (C=O) groups is 6. The molecule has 2 aliphatic carbocycles. The molecule has 8 N–H and O–H groups in total. The number of aliphatic imine (C=N–C) groups is 1. The van der Waals surface area contributed by atoms with Crippen LogP contribution < -0.4 is 15.0 Å². The monoisotopic (exact) mass is 1200 g/mol. The maximum atomic E-state index is 14.1. The Morgan fingerprint density at radius 1 is 0.897 bits per heavy atom. The molecule has 464 valence electrons. The van der Waals surface area contributed by atoms with Crippen LogP contribution in [0.5, 0.6) is 28.7 Å². The number of benzene rings is 4. The van der Waals surface area contributed by atoms with E-state index in [1.807, 2.05) is 49.6 Å². The number of ether oxygens (including phenoxy) is 3. The summed E-state index contributed by atoms with van der Waals surface area (Å²) in [5.41, 5.74) is -0.295. The van der Waals surface area contributed by atoms with Gasteiger partial charge in [0.1, 0.15) is 52.9 Å². The molecule has 7 atom stereocenters. The fourth-order valence-corrected chi connectivity index (χ4v) is 13.3. The number of aliphatic hydroxyl groups excluding tert-OH is 2. The topological polar surface area (TPSA) is 309 Å². The summed E-state index contributed by atoms with van der Waals surface area (Å²) in [6.07, 6.45) is -0.696. The van der Waals surface area contributed by atoms with Gasteiger partial charge < -0.3 is 65.1 Å². The number of fused-ring (bicyclic) bond motifs is 3. The molecule has 0 radical (unpaired) electrons. The number of aliphatic hydroxyl groups is 3. The summed E-state index contributed by atoms with van der Waals surface area (Å²) in [7, 11) is 1.31. The van der Waals surface area contributed by atoms with E-state index in [-0.39, 0.29) is 75.6 Å². The number of ketones is 3. The summed E-state index contributed by atoms with van der Waals surface area (Å²) < 4.78 is 17.8. The Hall–Kier alpha value is -7.73. The van der Waals surface area contributed by atoms with Gasteiger partial charge in [-0.2, -0.15) is 0 Å². The van der Waals surface area contributed by atoms with E-state index >= 15 is 0 Å². The van der Waals surface area contributed by atoms with Crippen LogP contribution in [0.25, 0.3) is 0 Å². The van der Waals surface area contributed by atoms with E-state index in [0.29, 0.717) is 94.9 Å². The van der Waals surface area contributed by atoms with Crippen LogP contribution in [0.1, 0.15) is 151 Å². The number of nitrogens with one attached hydrogen (secondary N) is 1. The molecule has 0 aromatic heterocycles. The summed E-state index contributed by atoms with van der Waals surface area (Å²) in [6.45, 7) is 11.9. The van der Waals surface area contributed by atoms with Gasteiger partial charge in [-0.05, 0) is 107 Å². The van der Waals surface area contributed by atoms with Crippen molar-refractivity contribution in [1.29, 1.82) is 0 Å². The highest BCUT2D eigenvalue weighted by atomic mass is 16.7. The summed E-state index contributed by atoms with van der Waals surface area (Å²) in [6, 6.07) is 14.5. The molecule has 22 nitrogen and oxygen atoms in total. The van der Waals surface area contributed by atoms with E-state index in [2.05, 4.69) is 28.4 Å². The van der Waals surface area contributed by atoms with Gasteiger partial charge in [0.25, 0.3) is 0 Å². The molecule has 87 heavy (non-hydrogen) atoms. The zero-order valence-electron chi connectivity index (χ0n) is 49.9. The zero-order valence-corrected chi connectivity index (χ0v) is 49.9. The SMILES string of the molecule is CCN(C=O)CC1=CCC(C)N=C(c2cc(C(C)C)c(O)cc2O)N1c1ccc(CN2CCC(C(=O)N3CCC(C(=O)NC4CC(OC5CC(O)(C(=O)CO)Cc6c(O)c7c(c(O)c65)C(=O)c5c(OC)cccc5C7=O)OC(C)C4O)CC3)CC2)cc1. The number of piperidine rings is 2. The van der Waals surface area contributed by atoms with Crippen LogP contribution in [0.3, 0.4) is 0 Å². The molecule has 0 saturated carbocycles. The number of likely N-dealkylation sites (tertiary alicyclic amines) is 2. The van der Waals surface area contributed by atoms with Gasteiger partial charge in [-0.1, -0.05) is 44.2 Å². The van der Waals surface area contributed by atoms with Crippen LogP contribution in [0.4, 0.5) is 5.69 Å². The molecule has 6 aliphatic rings. The van der Waals surface area contributed by atoms with Crippen LogP contribution in [0.2, 0.25) is 0 Å². The van der Waals surface area contributed by atoms with Crippen molar-refractivity contribution in [2.24, 2.45) is 16.8 Å². The van der Waals surface area contributed by atoms with Gasteiger partial charge in [-0.25, -0.2) is 0 Å². The minimum atomic E-state index is -2.37. The van der Waals surface area contributed by atoms with Crippen LogP contribution in [0.15, 0.2) is 71.4 Å². The average Bonchev–Trinajstić information content (AvgIpc) is 0.927. The van der Waals surface area contributed by atoms with Crippen LogP contribution in [-0.4, -0.2) is 181 Å². The number of amides is 3. The van der Waals surface area contributed by atoms with E-state index in [1.165, 1.54) is 31.4 Å². The van der Waals surface area contributed by atoms with Gasteiger partial charge in [0.15, 0.2) is 17.9 Å². The number of hydrogen-bond donors (Lipinski definition) is 8. The molecule has 10 rings (SSSR count). The van der Waals surface area contributed by atoms with Crippen molar-refractivity contribution in [2.45, 2.75) is 141 Å². The number of phenolic OH excluding ortho intramolecular Hbond substituents is 4. The first-order valence-electron chi connectivity index (χ1n) is 30.0. The van der Waals surface area contributed by atoms with E-state index in [1.54, 1.807) is 17.9 Å². The summed E-state index contributed by atoms with van der Waals surface area (Å²) >= 11 is 0. The molecule has 4 heterocycles. The Kier molecular flexibility index (Phi) is 18.3. The Balaban J connectivity index is 0.755. The minimum Gasteiger partial charge on any atom is -0.508 e. The lowest BCUT2D eigenvalue weighted by Gasteiger charge is -2.43. The van der Waals surface area contributed by atoms with Gasteiger partial charge in [0.05, 0.1) is 60.2 Å². The maximum Gasteiger partial charge on any atom is 0.225 e. The Labute approximate surface area is 504 Å². The third-order valence-corrected chi connectivity index (χ3v) is 18.3. The first kappa shape index (κ1) is 62.3. The number of hydrogen-bond acceptors (Lipinski definition) is 19. The van der Waals surface area contributed by atoms with Gasteiger partial charge in [0.2, 0.25) is 24.0 Å². The third kappa shape index (κ3) is 12.2. The van der Waals surface area contributed by atoms with Gasteiger partial charge in [0, 0.05) is 91.4 Å². The van der Waals surface area contributed by atoms with Crippen molar-refractivity contribution in [3.63, 3.8) is 0 Å². The van der Waals surface area contributed by atoms with E-state index in [4.69, 9.17) is 19.2 Å². The lowest BCUT2D eigenvalue weighted by molar-refractivity contribution is -0.249. The quantitative estimate of drug-likeness (QED) is 0.0435. The van der Waals surface area contributed by atoms with Crippen molar-refractivity contribution >= 4 is 47.1 Å². The number of phenols is 4. The summed E-state index contributed by atoms with van der Waals surface area (Å²) in [4.78, 5) is 94.3. The second-order valence-electron chi connectivity index (χ2n) is 24.2. The summed E-state index contributed by atoms with van der Waals surface area (Å²) in [5, 5.41) is 81.8. The van der Waals surface area contributed by atoms with E-state index in [9.17, 15) is 64.5 Å². The lowest BCUT2D eigenvalue weighted by atomic mass is 9.72. The zero-order chi connectivity index (χ0) is 62.3. The van der Waals surface area contributed by atoms with Gasteiger partial charge >= 0.3 is 0 Å². The summed E-state index contributed by atoms with van der Waals surface area (Å²) in [5.74, 6) is -4.71. The molecule has 22 heteroatoms. The number of aromatic hydroxyl groups is 4. The second kappa shape index (κ2) is 25.5. The first-order valence-corrected chi connectivity index (χ1v) is 30.0. The van der Waals surface area contributed by atoms with Crippen molar-refractivity contribution in [3.8, 4) is 28.7 Å². The number of anilines is 1. The number of Topliss-reactive ketones (excluding diaryl/α,β-unsaturated/α-hetero) is 1. The molecule has 4 aliphatic heterocycles. The number of nitrogens with zero attached hydrogens (tertiary/aromatic N) is 5. The van der Waals surface area contributed by atoms with E-state index in [0.717, 1.165) is 23.4 Å². The minimum absolute atomic E-state index is 0.000696. The predicted molar refractivity (Wildman–Crippen MR) is 318 cm³/mol. The largest absolute Gasteiger partial charge is 0.508 e. The van der Waals surface area contributed by atoms with Gasteiger partial charge in [-0.3, -0.25) is 43.6 Å². The standard InChI is InChI=1S/C65H78N6O16/c1-7-68(33-73)31-41-14-11-35(4)66-62(44-25-43(34(2)3)47(74)27-48(44)75)71(41)40-15-12-37(13-16-40)30-69-21-17-39(18-22-69)64(83)70-23-19-38(20-24-70)63(82)67-46-26-52(86-36(5)57(46)77)87-50-29-65(84,51(76)32-72)28-45-54(50)61(81)56-55(59(45)79)58(78)42-9-8-10-49(85-6)53(42)60(56)80/h8-10,12-16,25,27,33-36,38-39,46,50,52,57,72,74-75,77,79,81,84H,7,11,17-24,26,28-32H2,1-6H3,(H,67,82). The smallest absolute Gasteiger partial charge is 0.225 e. The fourth-order valence-electron chi connectivity index (χ4n) is 13.3. The fraction of sp³-hybridized carbons (Fsp3) is 0.492. The second-order valence-corrected chi connectivity index (χ2v) is 24.2. The van der Waals surface area contributed by atoms with Crippen LogP contribution >= 0.6 is 0 Å². The number of rotatable bonds is 17. The molecule has 3 fully saturated rings. The molecule has 3 saturated heterocycles. The number of methoxy groups -OCH3 is 1. The van der Waals surface area contributed by atoms with Crippen molar-refractivity contribution in [2.75, 3.05) is 57.9 Å². The third-order valence-electron chi connectivity index (χ3n) is 18.3. The molecule has 7 unspecified atom stereocenters. The molecular weight excluding hydrogens is 1120 g/mol. The van der Waals surface area contributed by atoms with Crippen molar-refractivity contribution in [3.05, 3.63) is 116 Å². The predicted octanol–water partition coefficient (Wildman–Crippen LogP) is 5.25. The molecule has 0 bridgehead atoms. The molecule has 0 spiro atoms. The first-order chi connectivity index (χ1) is 41.6. The van der Waals surface area contributed by atoms with Crippen molar-refractivity contribution < 1.29 is 78.7 Å². The highest BCUT2D eigenvalue weighted by Gasteiger charge is 2.51. The Bertz CT molecular complexity index is 3400. The highest BCUT2D eigenvalue weighted by Crippen LogP contribution is 2.53. The highest BCUT2D eigenvalue weighted by molar-refractivity contribution is 6.31. The maximum absolute atomic E-state index is 14.1.